The molecule has 4 heterocycles. The van der Waals surface area contributed by atoms with E-state index >= 15 is 0 Å². The summed E-state index contributed by atoms with van der Waals surface area (Å²) >= 11 is 0. The van der Waals surface area contributed by atoms with Crippen molar-refractivity contribution in [3.63, 3.8) is 0 Å². The lowest BCUT2D eigenvalue weighted by molar-refractivity contribution is 0.171. The molecule has 0 unspecified atom stereocenters. The highest BCUT2D eigenvalue weighted by molar-refractivity contribution is 5.68. The van der Waals surface area contributed by atoms with Crippen molar-refractivity contribution in [3.05, 3.63) is 29.7 Å². The summed E-state index contributed by atoms with van der Waals surface area (Å²) in [5.74, 6) is 1.81. The summed E-state index contributed by atoms with van der Waals surface area (Å²) in [5.41, 5.74) is 2.82. The Balaban J connectivity index is 1.75. The summed E-state index contributed by atoms with van der Waals surface area (Å²) in [4.78, 5) is 2.27. The predicted molar refractivity (Wildman–Crippen MR) is 86.7 cm³/mol. The summed E-state index contributed by atoms with van der Waals surface area (Å²) in [6, 6.07) is 2.34. The van der Waals surface area contributed by atoms with Gasteiger partial charge in [0.15, 0.2) is 11.6 Å². The highest BCUT2D eigenvalue weighted by Gasteiger charge is 2.28. The summed E-state index contributed by atoms with van der Waals surface area (Å²) < 4.78 is 9.14. The number of methoxy groups -OCH3 is 1. The van der Waals surface area contributed by atoms with E-state index in [9.17, 15) is 0 Å². The second-order valence-corrected chi connectivity index (χ2v) is 6.04. The molecule has 1 atom stereocenters. The maximum atomic E-state index is 5.22. The van der Waals surface area contributed by atoms with Gasteiger partial charge in [0.05, 0.1) is 24.0 Å². The summed E-state index contributed by atoms with van der Waals surface area (Å²) in [6.07, 6.45) is 2.50. The van der Waals surface area contributed by atoms with Crippen molar-refractivity contribution >= 4 is 11.3 Å². The summed E-state index contributed by atoms with van der Waals surface area (Å²) in [6.45, 7) is 6.26. The monoisotopic (exact) mass is 328 g/mol. The average Bonchev–Trinajstić information content (AvgIpc) is 3.21. The third-order valence-electron chi connectivity index (χ3n) is 4.37. The molecule has 0 bridgehead atoms. The molecule has 0 saturated carbocycles. The molecule has 3 aromatic rings. The number of aryl methyl sites for hydroxylation is 1. The number of hydrogen-bond donors (Lipinski definition) is 0. The lowest BCUT2D eigenvalue weighted by Gasteiger charge is -2.34. The molecular formula is C15H20N8O. The van der Waals surface area contributed by atoms with Crippen LogP contribution in [0.3, 0.4) is 0 Å². The molecule has 9 nitrogen and oxygen atoms in total. The molecule has 9 heteroatoms. The number of aromatic nitrogens is 7. The normalized spacial score (nSPS) is 17.5. The van der Waals surface area contributed by atoms with Gasteiger partial charge in [0, 0.05) is 13.7 Å². The lowest BCUT2D eigenvalue weighted by Crippen LogP contribution is -2.37. The molecule has 1 aliphatic heterocycles. The Bertz CT molecular complexity index is 870. The lowest BCUT2D eigenvalue weighted by atomic mass is 10.2. The van der Waals surface area contributed by atoms with Crippen LogP contribution < -0.4 is 4.90 Å². The smallest absolute Gasteiger partial charge is 0.200 e. The fraction of sp³-hybridized carbons (Fsp3) is 0.533. The van der Waals surface area contributed by atoms with Crippen LogP contribution in [0.15, 0.2) is 12.4 Å². The summed E-state index contributed by atoms with van der Waals surface area (Å²) in [7, 11) is 1.67. The van der Waals surface area contributed by atoms with E-state index in [1.807, 2.05) is 0 Å². The fourth-order valence-corrected chi connectivity index (χ4v) is 3.29. The van der Waals surface area contributed by atoms with Crippen molar-refractivity contribution in [2.45, 2.75) is 39.5 Å². The third-order valence-corrected chi connectivity index (χ3v) is 4.37. The van der Waals surface area contributed by atoms with Crippen LogP contribution in [-0.4, -0.2) is 48.2 Å². The Hall–Kier alpha value is -2.55. The van der Waals surface area contributed by atoms with Gasteiger partial charge in [-0.05, 0) is 19.4 Å². The van der Waals surface area contributed by atoms with Crippen LogP contribution in [-0.2, 0) is 24.3 Å². The zero-order valence-corrected chi connectivity index (χ0v) is 14.0. The number of ether oxygens (including phenoxy) is 1. The van der Waals surface area contributed by atoms with Crippen LogP contribution in [0.2, 0.25) is 0 Å². The number of anilines is 1. The van der Waals surface area contributed by atoms with Gasteiger partial charge in [0.25, 0.3) is 0 Å². The van der Waals surface area contributed by atoms with E-state index in [0.29, 0.717) is 13.2 Å². The van der Waals surface area contributed by atoms with E-state index in [4.69, 9.17) is 4.74 Å². The van der Waals surface area contributed by atoms with E-state index in [-0.39, 0.29) is 6.04 Å². The standard InChI is InChI=1S/C15H20N8O/c1-4-11-5-12(15-19-16-9-22(15)20-11)21-6-10(2)23-13(7-21)17-18-14(23)8-24-3/h5,9-10H,4,6-8H2,1-3H3/t10-/m0/s1. The average molecular weight is 328 g/mol. The van der Waals surface area contributed by atoms with E-state index in [2.05, 4.69) is 54.9 Å². The first kappa shape index (κ1) is 15.0. The minimum Gasteiger partial charge on any atom is -0.377 e. The molecule has 3 aromatic heterocycles. The highest BCUT2D eigenvalue weighted by atomic mass is 16.5. The predicted octanol–water partition coefficient (Wildman–Crippen LogP) is 1.01. The number of fused-ring (bicyclic) bond motifs is 2. The minimum atomic E-state index is 0.245. The number of rotatable bonds is 4. The van der Waals surface area contributed by atoms with Crippen LogP contribution >= 0.6 is 0 Å². The zero-order valence-electron chi connectivity index (χ0n) is 14.0. The van der Waals surface area contributed by atoms with E-state index in [1.54, 1.807) is 18.0 Å². The van der Waals surface area contributed by atoms with Crippen LogP contribution in [0.4, 0.5) is 5.69 Å². The fourth-order valence-electron chi connectivity index (χ4n) is 3.29. The Morgan fingerprint density at radius 3 is 2.96 bits per heavy atom. The molecule has 0 N–H and O–H groups in total. The molecule has 0 saturated heterocycles. The maximum absolute atomic E-state index is 5.22. The number of hydrogen-bond acceptors (Lipinski definition) is 7. The Kier molecular flexibility index (Phi) is 3.64. The van der Waals surface area contributed by atoms with Gasteiger partial charge in [0.1, 0.15) is 12.9 Å². The van der Waals surface area contributed by atoms with Crippen LogP contribution in [0.25, 0.3) is 5.65 Å². The van der Waals surface area contributed by atoms with Crippen LogP contribution in [0.1, 0.15) is 37.2 Å². The molecular weight excluding hydrogens is 308 g/mol. The molecule has 4 rings (SSSR count). The van der Waals surface area contributed by atoms with E-state index in [1.165, 1.54) is 0 Å². The van der Waals surface area contributed by atoms with Crippen molar-refractivity contribution in [2.75, 3.05) is 18.6 Å². The topological polar surface area (TPSA) is 86.3 Å². The highest BCUT2D eigenvalue weighted by Crippen LogP contribution is 2.29. The summed E-state index contributed by atoms with van der Waals surface area (Å²) in [5, 5.41) is 21.4. The maximum Gasteiger partial charge on any atom is 0.200 e. The molecule has 24 heavy (non-hydrogen) atoms. The van der Waals surface area contributed by atoms with E-state index in [0.717, 1.165) is 41.6 Å². The van der Waals surface area contributed by atoms with Gasteiger partial charge < -0.3 is 14.2 Å². The van der Waals surface area contributed by atoms with Gasteiger partial charge in [-0.1, -0.05) is 6.92 Å². The largest absolute Gasteiger partial charge is 0.377 e. The first-order valence-electron chi connectivity index (χ1n) is 8.07. The van der Waals surface area contributed by atoms with Crippen molar-refractivity contribution in [3.8, 4) is 0 Å². The van der Waals surface area contributed by atoms with E-state index < -0.39 is 0 Å². The molecule has 0 aromatic carbocycles. The SMILES string of the molecule is CCc1cc(N2Cc3nnc(COC)n3[C@@H](C)C2)c2nncn2n1. The first-order valence-corrected chi connectivity index (χ1v) is 8.07. The second-order valence-electron chi connectivity index (χ2n) is 6.04. The van der Waals surface area contributed by atoms with Gasteiger partial charge in [0.2, 0.25) is 5.65 Å². The molecule has 0 spiro atoms. The Labute approximate surface area is 139 Å². The minimum absolute atomic E-state index is 0.245. The zero-order chi connectivity index (χ0) is 16.7. The molecule has 126 valence electrons. The van der Waals surface area contributed by atoms with Gasteiger partial charge in [-0.3, -0.25) is 0 Å². The van der Waals surface area contributed by atoms with Crippen LogP contribution in [0.5, 0.6) is 0 Å². The van der Waals surface area contributed by atoms with Crippen LogP contribution in [0, 0.1) is 0 Å². The van der Waals surface area contributed by atoms with Gasteiger partial charge in [-0.25, -0.2) is 0 Å². The molecule has 0 radical (unpaired) electrons. The number of nitrogens with zero attached hydrogens (tertiary/aromatic N) is 8. The Morgan fingerprint density at radius 2 is 2.17 bits per heavy atom. The van der Waals surface area contributed by atoms with Gasteiger partial charge in [-0.2, -0.15) is 9.61 Å². The first-order chi connectivity index (χ1) is 11.7. The third kappa shape index (κ3) is 2.32. The molecule has 0 aliphatic carbocycles. The van der Waals surface area contributed by atoms with Crippen molar-refractivity contribution < 1.29 is 4.74 Å². The quantitative estimate of drug-likeness (QED) is 0.706. The Morgan fingerprint density at radius 1 is 1.29 bits per heavy atom. The molecule has 1 aliphatic rings. The van der Waals surface area contributed by atoms with Gasteiger partial charge in [-0.15, -0.1) is 20.4 Å². The molecule has 0 amide bonds. The van der Waals surface area contributed by atoms with Crippen molar-refractivity contribution in [1.82, 2.24) is 34.6 Å². The van der Waals surface area contributed by atoms with Crippen molar-refractivity contribution in [1.29, 1.82) is 0 Å². The van der Waals surface area contributed by atoms with Crippen molar-refractivity contribution in [2.24, 2.45) is 0 Å². The van der Waals surface area contributed by atoms with Gasteiger partial charge >= 0.3 is 0 Å². The molecule has 0 fully saturated rings. The second kappa shape index (κ2) is 5.82.